The Morgan fingerprint density at radius 1 is 1.10 bits per heavy atom. The van der Waals surface area contributed by atoms with Crippen LogP contribution in [0, 0.1) is 10.1 Å². The number of ether oxygens (including phenoxy) is 1. The highest BCUT2D eigenvalue weighted by molar-refractivity contribution is 5.59. The molecule has 6 rings (SSSR count). The maximum Gasteiger partial charge on any atom is 0.573 e. The van der Waals surface area contributed by atoms with E-state index >= 15 is 0 Å². The molecule has 2 aliphatic heterocycles. The third-order valence-corrected chi connectivity index (χ3v) is 8.38. The van der Waals surface area contributed by atoms with Crippen molar-refractivity contribution in [1.82, 2.24) is 10.3 Å². The first-order chi connectivity index (χ1) is 19.1. The van der Waals surface area contributed by atoms with Crippen molar-refractivity contribution in [2.45, 2.75) is 69.1 Å². The van der Waals surface area contributed by atoms with Gasteiger partial charge in [0.05, 0.1) is 22.7 Å². The van der Waals surface area contributed by atoms with Gasteiger partial charge in [-0.1, -0.05) is 12.8 Å². The standard InChI is InChI=1S/C28H30F3N5O4/c1-27-17-34(19-8-10-20(11-9-19)36(37)38)15-14-25(27)35(23-5-3-2-4-22(23)33-27)26-32-16-24(39-26)18-6-12-21(13-7-18)40-28(29,30)31/h6-13,16,22-23,25,33H,2-5,14-15,17H2,1H3/t22-,23-,25?,27-/m1/s1. The molecule has 1 aromatic heterocycles. The quantitative estimate of drug-likeness (QED) is 0.306. The van der Waals surface area contributed by atoms with Crippen LogP contribution in [0.2, 0.25) is 0 Å². The summed E-state index contributed by atoms with van der Waals surface area (Å²) in [5.41, 5.74) is 1.32. The minimum Gasteiger partial charge on any atom is -0.423 e. The molecule has 212 valence electrons. The lowest BCUT2D eigenvalue weighted by molar-refractivity contribution is -0.384. The first kappa shape index (κ1) is 26.4. The maximum absolute atomic E-state index is 12.6. The number of anilines is 2. The predicted octanol–water partition coefficient (Wildman–Crippen LogP) is 5.91. The van der Waals surface area contributed by atoms with E-state index in [-0.39, 0.29) is 35.1 Å². The number of nitro benzene ring substituents is 1. The average molecular weight is 558 g/mol. The molecule has 3 aliphatic rings. The molecule has 12 heteroatoms. The normalized spacial score (nSPS) is 26.6. The molecule has 0 radical (unpaired) electrons. The number of rotatable bonds is 5. The maximum atomic E-state index is 12.6. The highest BCUT2D eigenvalue weighted by atomic mass is 19.4. The summed E-state index contributed by atoms with van der Waals surface area (Å²) in [6, 6.07) is 13.3. The smallest absolute Gasteiger partial charge is 0.423 e. The van der Waals surface area contributed by atoms with Gasteiger partial charge >= 0.3 is 6.36 Å². The number of nitrogens with zero attached hydrogens (tertiary/aromatic N) is 4. The first-order valence-corrected chi connectivity index (χ1v) is 13.5. The van der Waals surface area contributed by atoms with E-state index in [1.54, 1.807) is 18.3 Å². The van der Waals surface area contributed by atoms with Crippen LogP contribution in [0.3, 0.4) is 0 Å². The van der Waals surface area contributed by atoms with Crippen molar-refractivity contribution in [3.63, 3.8) is 0 Å². The number of piperazine rings is 1. The van der Waals surface area contributed by atoms with Gasteiger partial charge in [0, 0.05) is 48.6 Å². The van der Waals surface area contributed by atoms with Crippen LogP contribution in [0.5, 0.6) is 5.75 Å². The Bertz CT molecular complexity index is 1360. The SMILES string of the molecule is C[C@@]12CN(c3ccc([N+](=O)[O-])cc3)CCC1N(c1ncc(-c3ccc(OC(F)(F)F)cc3)o1)[C@@H]1CCCC[C@H]1N2. The summed E-state index contributed by atoms with van der Waals surface area (Å²) in [5, 5.41) is 15.1. The molecule has 40 heavy (non-hydrogen) atoms. The van der Waals surface area contributed by atoms with Gasteiger partial charge in [-0.3, -0.25) is 10.1 Å². The Labute approximate surface area is 229 Å². The topological polar surface area (TPSA) is 96.9 Å². The molecular weight excluding hydrogens is 527 g/mol. The summed E-state index contributed by atoms with van der Waals surface area (Å²) in [4.78, 5) is 20.0. The lowest BCUT2D eigenvalue weighted by Crippen LogP contribution is -2.78. The van der Waals surface area contributed by atoms with Crippen molar-refractivity contribution in [3.8, 4) is 17.1 Å². The molecule has 1 aliphatic carbocycles. The van der Waals surface area contributed by atoms with Crippen molar-refractivity contribution in [1.29, 1.82) is 0 Å². The zero-order valence-corrected chi connectivity index (χ0v) is 21.9. The Kier molecular flexibility index (Phi) is 6.60. The average Bonchev–Trinajstić information content (AvgIpc) is 3.40. The number of non-ortho nitro benzene ring substituents is 1. The fourth-order valence-corrected chi connectivity index (χ4v) is 6.65. The van der Waals surface area contributed by atoms with Crippen LogP contribution < -0.4 is 19.9 Å². The molecule has 3 heterocycles. The predicted molar refractivity (Wildman–Crippen MR) is 142 cm³/mol. The second kappa shape index (κ2) is 9.99. The second-order valence-corrected chi connectivity index (χ2v) is 11.0. The molecule has 4 atom stereocenters. The molecule has 2 saturated heterocycles. The van der Waals surface area contributed by atoms with Crippen LogP contribution in [0.25, 0.3) is 11.3 Å². The third kappa shape index (κ3) is 5.07. The Hall–Kier alpha value is -3.80. The van der Waals surface area contributed by atoms with Gasteiger partial charge in [-0.2, -0.15) is 0 Å². The number of nitro groups is 1. The van der Waals surface area contributed by atoms with Gasteiger partial charge in [0.25, 0.3) is 11.7 Å². The minimum atomic E-state index is -4.75. The number of aromatic nitrogens is 1. The molecule has 0 bridgehead atoms. The van der Waals surface area contributed by atoms with Crippen molar-refractivity contribution < 1.29 is 27.2 Å². The van der Waals surface area contributed by atoms with Gasteiger partial charge in [0.1, 0.15) is 5.75 Å². The van der Waals surface area contributed by atoms with Crippen LogP contribution in [-0.4, -0.2) is 53.0 Å². The minimum absolute atomic E-state index is 0.0686. The van der Waals surface area contributed by atoms with Gasteiger partial charge in [-0.25, -0.2) is 4.98 Å². The molecule has 3 fully saturated rings. The van der Waals surface area contributed by atoms with E-state index in [0.29, 0.717) is 23.9 Å². The summed E-state index contributed by atoms with van der Waals surface area (Å²) in [5.74, 6) is 0.183. The van der Waals surface area contributed by atoms with Crippen LogP contribution >= 0.6 is 0 Å². The molecule has 1 saturated carbocycles. The Balaban J connectivity index is 1.26. The van der Waals surface area contributed by atoms with E-state index in [9.17, 15) is 23.3 Å². The van der Waals surface area contributed by atoms with Gasteiger partial charge < -0.3 is 24.3 Å². The molecule has 0 amide bonds. The Morgan fingerprint density at radius 3 is 2.52 bits per heavy atom. The fraction of sp³-hybridized carbons (Fsp3) is 0.464. The number of oxazole rings is 1. The lowest BCUT2D eigenvalue weighted by atomic mass is 9.75. The van der Waals surface area contributed by atoms with Crippen LogP contribution in [-0.2, 0) is 0 Å². The number of benzene rings is 2. The molecule has 9 nitrogen and oxygen atoms in total. The van der Waals surface area contributed by atoms with Gasteiger partial charge in [-0.15, -0.1) is 13.2 Å². The van der Waals surface area contributed by atoms with E-state index in [1.165, 1.54) is 36.4 Å². The molecule has 3 aromatic rings. The van der Waals surface area contributed by atoms with Crippen molar-refractivity contribution in [3.05, 3.63) is 64.8 Å². The number of piperidine rings is 1. The fourth-order valence-electron chi connectivity index (χ4n) is 6.65. The second-order valence-electron chi connectivity index (χ2n) is 11.0. The van der Waals surface area contributed by atoms with E-state index in [4.69, 9.17) is 4.42 Å². The summed E-state index contributed by atoms with van der Waals surface area (Å²) in [6.45, 7) is 3.70. The largest absolute Gasteiger partial charge is 0.573 e. The van der Waals surface area contributed by atoms with E-state index in [2.05, 4.69) is 31.8 Å². The van der Waals surface area contributed by atoms with E-state index < -0.39 is 11.3 Å². The lowest BCUT2D eigenvalue weighted by Gasteiger charge is -2.60. The van der Waals surface area contributed by atoms with Gasteiger partial charge in [0.2, 0.25) is 0 Å². The number of nitrogens with one attached hydrogen (secondary N) is 1. The number of halogens is 3. The van der Waals surface area contributed by atoms with Crippen LogP contribution in [0.4, 0.5) is 30.6 Å². The Morgan fingerprint density at radius 2 is 1.82 bits per heavy atom. The zero-order chi connectivity index (χ0) is 28.1. The monoisotopic (exact) mass is 557 g/mol. The summed E-state index contributed by atoms with van der Waals surface area (Å²) < 4.78 is 47.9. The van der Waals surface area contributed by atoms with Gasteiger partial charge in [0.15, 0.2) is 5.76 Å². The van der Waals surface area contributed by atoms with Crippen molar-refractivity contribution in [2.75, 3.05) is 22.9 Å². The molecular formula is C28H30F3N5O4. The van der Waals surface area contributed by atoms with Crippen LogP contribution in [0.15, 0.2) is 59.1 Å². The molecule has 1 N–H and O–H groups in total. The summed E-state index contributed by atoms with van der Waals surface area (Å²) in [6.07, 6.45) is 2.00. The molecule has 1 unspecified atom stereocenters. The number of hydrogen-bond donors (Lipinski definition) is 1. The number of hydrogen-bond acceptors (Lipinski definition) is 8. The van der Waals surface area contributed by atoms with Crippen molar-refractivity contribution >= 4 is 17.4 Å². The third-order valence-electron chi connectivity index (χ3n) is 8.38. The van der Waals surface area contributed by atoms with E-state index in [0.717, 1.165) is 44.3 Å². The number of fused-ring (bicyclic) bond motifs is 2. The van der Waals surface area contributed by atoms with E-state index in [1.807, 2.05) is 0 Å². The molecule has 2 aromatic carbocycles. The first-order valence-electron chi connectivity index (χ1n) is 13.5. The highest BCUT2D eigenvalue weighted by Crippen LogP contribution is 2.42. The molecule has 0 spiro atoms. The highest BCUT2D eigenvalue weighted by Gasteiger charge is 2.53. The number of alkyl halides is 3. The summed E-state index contributed by atoms with van der Waals surface area (Å²) >= 11 is 0. The zero-order valence-electron chi connectivity index (χ0n) is 21.9. The van der Waals surface area contributed by atoms with Gasteiger partial charge in [-0.05, 0) is 62.6 Å². The summed E-state index contributed by atoms with van der Waals surface area (Å²) in [7, 11) is 0. The van der Waals surface area contributed by atoms with Crippen LogP contribution in [0.1, 0.15) is 39.0 Å². The van der Waals surface area contributed by atoms with Crippen molar-refractivity contribution in [2.24, 2.45) is 0 Å².